The third kappa shape index (κ3) is 4.23. The zero-order valence-electron chi connectivity index (χ0n) is 20.6. The Kier molecular flexibility index (Phi) is 6.34. The fraction of sp³-hybridized carbons (Fsp3) is 0.517. The lowest BCUT2D eigenvalue weighted by Crippen LogP contribution is -2.52. The highest BCUT2D eigenvalue weighted by Crippen LogP contribution is 2.42. The van der Waals surface area contributed by atoms with Gasteiger partial charge in [-0.15, -0.1) is 0 Å². The number of fused-ring (bicyclic) bond motifs is 2. The molecule has 0 bridgehead atoms. The molecule has 0 unspecified atom stereocenters. The molecule has 4 aliphatic rings. The Morgan fingerprint density at radius 3 is 2.58 bits per heavy atom. The summed E-state index contributed by atoms with van der Waals surface area (Å²) in [4.78, 5) is 29.3. The lowest BCUT2D eigenvalue weighted by molar-refractivity contribution is -0.125. The molecular weight excluding hydrogens is 456 g/mol. The normalized spacial score (nSPS) is 26.3. The minimum Gasteiger partial charge on any atom is -0.454 e. The van der Waals surface area contributed by atoms with Crippen molar-refractivity contribution in [1.82, 2.24) is 10.2 Å². The van der Waals surface area contributed by atoms with Crippen molar-refractivity contribution in [2.45, 2.75) is 62.4 Å². The topological polar surface area (TPSA) is 77.1 Å². The average Bonchev–Trinajstić information content (AvgIpc) is 3.57. The lowest BCUT2D eigenvalue weighted by atomic mass is 9.74. The molecule has 7 nitrogen and oxygen atoms in total. The predicted octanol–water partition coefficient (Wildman–Crippen LogP) is 4.05. The van der Waals surface area contributed by atoms with Gasteiger partial charge in [-0.05, 0) is 67.9 Å². The summed E-state index contributed by atoms with van der Waals surface area (Å²) in [5.74, 6) is 1.84. The molecule has 0 radical (unpaired) electrons. The van der Waals surface area contributed by atoms with Crippen molar-refractivity contribution >= 4 is 11.8 Å². The van der Waals surface area contributed by atoms with E-state index < -0.39 is 6.04 Å². The fourth-order valence-electron chi connectivity index (χ4n) is 6.65. The molecule has 1 aliphatic carbocycles. The number of ether oxygens (including phenoxy) is 3. The molecule has 3 aliphatic heterocycles. The third-order valence-corrected chi connectivity index (χ3v) is 8.68. The van der Waals surface area contributed by atoms with Crippen LogP contribution in [0.1, 0.15) is 60.9 Å². The SMILES string of the molecule is O=C(NCC1(c2ccc3c(c2)OCO3)CCOCC1)[C@@H]1C[C@@H]2CCCC[C@@H]2N1C(=O)c1ccccc1. The number of likely N-dealkylation sites (tertiary alicyclic amines) is 1. The van der Waals surface area contributed by atoms with Gasteiger partial charge in [0.15, 0.2) is 11.5 Å². The number of carbonyl (C=O) groups is 2. The summed E-state index contributed by atoms with van der Waals surface area (Å²) in [6.07, 6.45) is 6.73. The molecule has 0 aromatic heterocycles. The Balaban J connectivity index is 1.23. The van der Waals surface area contributed by atoms with Crippen molar-refractivity contribution in [3.63, 3.8) is 0 Å². The van der Waals surface area contributed by atoms with Crippen LogP contribution in [-0.2, 0) is 14.9 Å². The van der Waals surface area contributed by atoms with Gasteiger partial charge in [-0.2, -0.15) is 0 Å². The predicted molar refractivity (Wildman–Crippen MR) is 134 cm³/mol. The molecule has 190 valence electrons. The van der Waals surface area contributed by atoms with Crippen LogP contribution in [0.4, 0.5) is 0 Å². The van der Waals surface area contributed by atoms with Crippen LogP contribution in [0.5, 0.6) is 11.5 Å². The van der Waals surface area contributed by atoms with E-state index in [-0.39, 0.29) is 30.1 Å². The standard InChI is InChI=1S/C29H34N2O5/c32-27(24-16-21-8-4-5-9-23(21)31(24)28(33)20-6-2-1-3-7-20)30-18-29(12-14-34-15-13-29)22-10-11-25-26(17-22)36-19-35-25/h1-3,6-7,10-11,17,21,23-24H,4-5,8-9,12-16,18-19H2,(H,30,32)/t21-,23-,24-/m0/s1. The molecule has 2 amide bonds. The molecular formula is C29H34N2O5. The summed E-state index contributed by atoms with van der Waals surface area (Å²) in [7, 11) is 0. The molecule has 7 heteroatoms. The number of benzene rings is 2. The molecule has 3 heterocycles. The third-order valence-electron chi connectivity index (χ3n) is 8.68. The van der Waals surface area contributed by atoms with E-state index in [2.05, 4.69) is 17.4 Å². The summed E-state index contributed by atoms with van der Waals surface area (Å²) in [6, 6.07) is 15.2. The number of rotatable bonds is 5. The van der Waals surface area contributed by atoms with Gasteiger partial charge in [0.05, 0.1) is 0 Å². The first-order valence-corrected chi connectivity index (χ1v) is 13.3. The Morgan fingerprint density at radius 2 is 1.75 bits per heavy atom. The molecule has 2 saturated heterocycles. The Hall–Kier alpha value is -3.06. The van der Waals surface area contributed by atoms with Gasteiger partial charge in [0, 0.05) is 36.8 Å². The molecule has 2 aromatic carbocycles. The zero-order valence-corrected chi connectivity index (χ0v) is 20.6. The Labute approximate surface area is 212 Å². The number of amides is 2. The lowest BCUT2D eigenvalue weighted by Gasteiger charge is -2.39. The summed E-state index contributed by atoms with van der Waals surface area (Å²) < 4.78 is 16.8. The molecule has 1 N–H and O–H groups in total. The maximum atomic E-state index is 13.8. The Morgan fingerprint density at radius 1 is 0.972 bits per heavy atom. The van der Waals surface area contributed by atoms with Crippen LogP contribution in [0.25, 0.3) is 0 Å². The van der Waals surface area contributed by atoms with Crippen LogP contribution < -0.4 is 14.8 Å². The second kappa shape index (κ2) is 9.77. The Bertz CT molecular complexity index is 1110. The van der Waals surface area contributed by atoms with Gasteiger partial charge in [0.25, 0.3) is 5.91 Å². The first kappa shape index (κ1) is 23.3. The van der Waals surface area contributed by atoms with Gasteiger partial charge >= 0.3 is 0 Å². The molecule has 6 rings (SSSR count). The van der Waals surface area contributed by atoms with Gasteiger partial charge in [0.1, 0.15) is 6.04 Å². The van der Waals surface area contributed by atoms with E-state index in [1.807, 2.05) is 41.3 Å². The van der Waals surface area contributed by atoms with Gasteiger partial charge in [-0.3, -0.25) is 9.59 Å². The second-order valence-corrected chi connectivity index (χ2v) is 10.6. The summed E-state index contributed by atoms with van der Waals surface area (Å²) in [6.45, 7) is 2.04. The van der Waals surface area contributed by atoms with E-state index >= 15 is 0 Å². The van der Waals surface area contributed by atoms with Crippen LogP contribution in [-0.4, -0.2) is 55.3 Å². The summed E-state index contributed by atoms with van der Waals surface area (Å²) >= 11 is 0. The van der Waals surface area contributed by atoms with E-state index in [0.717, 1.165) is 55.6 Å². The smallest absolute Gasteiger partial charge is 0.254 e. The maximum absolute atomic E-state index is 13.8. The number of nitrogens with one attached hydrogen (secondary N) is 1. The largest absolute Gasteiger partial charge is 0.454 e. The van der Waals surface area contributed by atoms with Crippen LogP contribution in [0.2, 0.25) is 0 Å². The van der Waals surface area contributed by atoms with Crippen molar-refractivity contribution in [3.05, 3.63) is 59.7 Å². The quantitative estimate of drug-likeness (QED) is 0.684. The average molecular weight is 491 g/mol. The van der Waals surface area contributed by atoms with Crippen molar-refractivity contribution in [2.75, 3.05) is 26.6 Å². The van der Waals surface area contributed by atoms with Crippen molar-refractivity contribution in [2.24, 2.45) is 5.92 Å². The number of nitrogens with zero attached hydrogens (tertiary/aromatic N) is 1. The van der Waals surface area contributed by atoms with E-state index in [1.165, 1.54) is 6.42 Å². The van der Waals surface area contributed by atoms with Crippen LogP contribution in [0.15, 0.2) is 48.5 Å². The highest BCUT2D eigenvalue weighted by molar-refractivity contribution is 5.98. The summed E-state index contributed by atoms with van der Waals surface area (Å²) in [5, 5.41) is 3.29. The van der Waals surface area contributed by atoms with E-state index in [4.69, 9.17) is 14.2 Å². The monoisotopic (exact) mass is 490 g/mol. The van der Waals surface area contributed by atoms with Crippen LogP contribution in [0.3, 0.4) is 0 Å². The van der Waals surface area contributed by atoms with Crippen molar-refractivity contribution in [3.8, 4) is 11.5 Å². The summed E-state index contributed by atoms with van der Waals surface area (Å²) in [5.41, 5.74) is 1.55. The minimum atomic E-state index is -0.431. The highest BCUT2D eigenvalue weighted by atomic mass is 16.7. The van der Waals surface area contributed by atoms with Crippen molar-refractivity contribution < 1.29 is 23.8 Å². The first-order chi connectivity index (χ1) is 17.6. The molecule has 1 saturated carbocycles. The van der Waals surface area contributed by atoms with Gasteiger partial charge < -0.3 is 24.4 Å². The molecule has 2 aromatic rings. The maximum Gasteiger partial charge on any atom is 0.254 e. The highest BCUT2D eigenvalue weighted by Gasteiger charge is 2.48. The van der Waals surface area contributed by atoms with E-state index in [0.29, 0.717) is 31.2 Å². The van der Waals surface area contributed by atoms with Gasteiger partial charge in [0.2, 0.25) is 12.7 Å². The minimum absolute atomic E-state index is 0.0262. The second-order valence-electron chi connectivity index (χ2n) is 10.6. The molecule has 0 spiro atoms. The zero-order chi connectivity index (χ0) is 24.5. The first-order valence-electron chi connectivity index (χ1n) is 13.3. The van der Waals surface area contributed by atoms with Crippen molar-refractivity contribution in [1.29, 1.82) is 0 Å². The molecule has 3 atom stereocenters. The van der Waals surface area contributed by atoms with Crippen LogP contribution >= 0.6 is 0 Å². The fourth-order valence-corrected chi connectivity index (χ4v) is 6.65. The van der Waals surface area contributed by atoms with Gasteiger partial charge in [-0.1, -0.05) is 37.1 Å². The van der Waals surface area contributed by atoms with Crippen LogP contribution in [0, 0.1) is 5.92 Å². The van der Waals surface area contributed by atoms with E-state index in [1.54, 1.807) is 0 Å². The number of carbonyl (C=O) groups excluding carboxylic acids is 2. The number of hydrogen-bond donors (Lipinski definition) is 1. The van der Waals surface area contributed by atoms with Gasteiger partial charge in [-0.25, -0.2) is 0 Å². The molecule has 36 heavy (non-hydrogen) atoms. The molecule has 3 fully saturated rings. The number of hydrogen-bond acceptors (Lipinski definition) is 5. The van der Waals surface area contributed by atoms with E-state index in [9.17, 15) is 9.59 Å².